The molecule has 1 atom stereocenters. The van der Waals surface area contributed by atoms with Crippen LogP contribution in [-0.4, -0.2) is 25.2 Å². The molecule has 1 aliphatic rings. The van der Waals surface area contributed by atoms with Gasteiger partial charge in [0.2, 0.25) is 0 Å². The molecule has 1 saturated heterocycles. The van der Waals surface area contributed by atoms with E-state index < -0.39 is 0 Å². The van der Waals surface area contributed by atoms with Crippen molar-refractivity contribution in [2.75, 3.05) is 13.2 Å². The van der Waals surface area contributed by atoms with Crippen LogP contribution >= 0.6 is 0 Å². The summed E-state index contributed by atoms with van der Waals surface area (Å²) < 4.78 is 11.6. The average Bonchev–Trinajstić information content (AvgIpc) is 2.38. The minimum atomic E-state index is 0.0911. The summed E-state index contributed by atoms with van der Waals surface area (Å²) >= 11 is 0. The van der Waals surface area contributed by atoms with Gasteiger partial charge in [0.1, 0.15) is 18.2 Å². The number of hydrogen-bond donors (Lipinski definition) is 2. The lowest BCUT2D eigenvalue weighted by atomic mass is 10.0. The minimum absolute atomic E-state index is 0.0911. The maximum Gasteiger partial charge on any atom is 0.125 e. The molecule has 1 fully saturated rings. The fraction of sp³-hybridized carbons (Fsp3) is 0.533. The van der Waals surface area contributed by atoms with Crippen molar-refractivity contribution in [3.8, 4) is 5.75 Å². The van der Waals surface area contributed by atoms with Gasteiger partial charge >= 0.3 is 0 Å². The van der Waals surface area contributed by atoms with E-state index in [1.807, 2.05) is 26.0 Å². The van der Waals surface area contributed by atoms with Crippen molar-refractivity contribution in [1.29, 1.82) is 5.41 Å². The molecular weight excluding hydrogens is 240 g/mol. The number of aryl methyl sites for hydroxylation is 2. The summed E-state index contributed by atoms with van der Waals surface area (Å²) in [6.45, 7) is 5.41. The van der Waals surface area contributed by atoms with Crippen LogP contribution < -0.4 is 10.5 Å². The smallest absolute Gasteiger partial charge is 0.125 e. The van der Waals surface area contributed by atoms with Crippen molar-refractivity contribution in [1.82, 2.24) is 0 Å². The van der Waals surface area contributed by atoms with E-state index in [4.69, 9.17) is 20.6 Å². The molecular formula is C15H22N2O2. The van der Waals surface area contributed by atoms with Gasteiger partial charge in [-0.25, -0.2) is 0 Å². The molecule has 0 aliphatic carbocycles. The number of rotatable bonds is 4. The molecule has 1 aliphatic heterocycles. The van der Waals surface area contributed by atoms with E-state index in [0.29, 0.717) is 6.61 Å². The van der Waals surface area contributed by atoms with Crippen LogP contribution in [0.3, 0.4) is 0 Å². The lowest BCUT2D eigenvalue weighted by molar-refractivity contribution is -0.0113. The van der Waals surface area contributed by atoms with E-state index in [2.05, 4.69) is 0 Å². The number of hydrogen-bond acceptors (Lipinski definition) is 3. The Kier molecular flexibility index (Phi) is 4.43. The van der Waals surface area contributed by atoms with Crippen LogP contribution in [0.2, 0.25) is 0 Å². The third-order valence-corrected chi connectivity index (χ3v) is 3.46. The lowest BCUT2D eigenvalue weighted by Gasteiger charge is -2.23. The van der Waals surface area contributed by atoms with E-state index in [1.165, 1.54) is 6.42 Å². The first kappa shape index (κ1) is 13.9. The number of amidine groups is 1. The van der Waals surface area contributed by atoms with Gasteiger partial charge in [0.15, 0.2) is 0 Å². The Balaban J connectivity index is 2.05. The second-order valence-electron chi connectivity index (χ2n) is 5.15. The quantitative estimate of drug-likeness (QED) is 0.647. The van der Waals surface area contributed by atoms with E-state index in [9.17, 15) is 0 Å². The van der Waals surface area contributed by atoms with Gasteiger partial charge in [-0.15, -0.1) is 0 Å². The largest absolute Gasteiger partial charge is 0.490 e. The predicted octanol–water partition coefficient (Wildman–Crippen LogP) is 2.54. The van der Waals surface area contributed by atoms with Crippen LogP contribution in [0.1, 0.15) is 36.0 Å². The van der Waals surface area contributed by atoms with Gasteiger partial charge in [0.05, 0.1) is 6.10 Å². The Bertz CT molecular complexity index is 442. The van der Waals surface area contributed by atoms with Crippen molar-refractivity contribution in [3.05, 3.63) is 28.8 Å². The Morgan fingerprint density at radius 2 is 2.05 bits per heavy atom. The average molecular weight is 262 g/mol. The number of nitrogens with two attached hydrogens (primary N) is 1. The van der Waals surface area contributed by atoms with Crippen LogP contribution in [0.4, 0.5) is 0 Å². The predicted molar refractivity (Wildman–Crippen MR) is 76.0 cm³/mol. The Hall–Kier alpha value is -1.55. The van der Waals surface area contributed by atoms with Crippen molar-refractivity contribution >= 4 is 5.84 Å². The molecule has 19 heavy (non-hydrogen) atoms. The first-order chi connectivity index (χ1) is 9.08. The highest BCUT2D eigenvalue weighted by atomic mass is 16.5. The Morgan fingerprint density at radius 3 is 2.58 bits per heavy atom. The second-order valence-corrected chi connectivity index (χ2v) is 5.15. The zero-order valence-electron chi connectivity index (χ0n) is 11.7. The molecule has 3 N–H and O–H groups in total. The maximum atomic E-state index is 7.48. The highest BCUT2D eigenvalue weighted by Gasteiger charge is 2.16. The van der Waals surface area contributed by atoms with E-state index in [-0.39, 0.29) is 11.9 Å². The number of benzene rings is 1. The van der Waals surface area contributed by atoms with Gasteiger partial charge in [-0.2, -0.15) is 0 Å². The lowest BCUT2D eigenvalue weighted by Crippen LogP contribution is -2.26. The van der Waals surface area contributed by atoms with Gasteiger partial charge in [-0.1, -0.05) is 0 Å². The summed E-state index contributed by atoms with van der Waals surface area (Å²) in [5, 5.41) is 7.48. The van der Waals surface area contributed by atoms with Crippen LogP contribution in [-0.2, 0) is 4.74 Å². The highest BCUT2D eigenvalue weighted by Crippen LogP contribution is 2.25. The van der Waals surface area contributed by atoms with Crippen molar-refractivity contribution in [2.45, 2.75) is 39.2 Å². The summed E-state index contributed by atoms with van der Waals surface area (Å²) in [6.07, 6.45) is 3.65. The number of nitrogens with one attached hydrogen (secondary N) is 1. The summed E-state index contributed by atoms with van der Waals surface area (Å²) in [4.78, 5) is 0. The molecule has 0 aromatic heterocycles. The molecule has 4 nitrogen and oxygen atoms in total. The molecule has 1 heterocycles. The van der Waals surface area contributed by atoms with Crippen LogP contribution in [0.25, 0.3) is 0 Å². The third-order valence-electron chi connectivity index (χ3n) is 3.46. The van der Waals surface area contributed by atoms with Gasteiger partial charge in [0, 0.05) is 12.2 Å². The molecule has 104 valence electrons. The third kappa shape index (κ3) is 3.47. The monoisotopic (exact) mass is 262 g/mol. The molecule has 0 saturated carbocycles. The van der Waals surface area contributed by atoms with Gasteiger partial charge in [0.25, 0.3) is 0 Å². The van der Waals surface area contributed by atoms with Crippen molar-refractivity contribution in [2.24, 2.45) is 5.73 Å². The summed E-state index contributed by atoms with van der Waals surface area (Å²) in [5.74, 6) is 0.979. The van der Waals surface area contributed by atoms with Gasteiger partial charge in [-0.05, 0) is 56.4 Å². The van der Waals surface area contributed by atoms with Crippen LogP contribution in [0, 0.1) is 19.3 Å². The molecule has 0 bridgehead atoms. The zero-order valence-corrected chi connectivity index (χ0v) is 11.7. The number of ether oxygens (including phenoxy) is 2. The fourth-order valence-corrected chi connectivity index (χ4v) is 2.45. The molecule has 1 aromatic rings. The Labute approximate surface area is 114 Å². The molecule has 4 heteroatoms. The van der Waals surface area contributed by atoms with E-state index in [0.717, 1.165) is 41.9 Å². The van der Waals surface area contributed by atoms with E-state index in [1.54, 1.807) is 0 Å². The molecule has 0 spiro atoms. The van der Waals surface area contributed by atoms with Gasteiger partial charge in [-0.3, -0.25) is 5.41 Å². The van der Waals surface area contributed by atoms with Gasteiger partial charge < -0.3 is 15.2 Å². The number of nitrogen functional groups attached to an aromatic ring is 1. The maximum absolute atomic E-state index is 7.48. The standard InChI is InChI=1S/C15H22N2O2/c1-10-7-12(15(16)17)8-11(2)14(10)19-9-13-5-3-4-6-18-13/h7-8,13H,3-6,9H2,1-2H3,(H3,16,17). The summed E-state index contributed by atoms with van der Waals surface area (Å²) in [6, 6.07) is 3.79. The fourth-order valence-electron chi connectivity index (χ4n) is 2.45. The second kappa shape index (κ2) is 6.06. The normalized spacial score (nSPS) is 19.2. The highest BCUT2D eigenvalue weighted by molar-refractivity contribution is 5.95. The molecule has 1 aromatic carbocycles. The molecule has 0 amide bonds. The zero-order chi connectivity index (χ0) is 13.8. The summed E-state index contributed by atoms with van der Waals surface area (Å²) in [5.41, 5.74) is 8.29. The Morgan fingerprint density at radius 1 is 1.37 bits per heavy atom. The first-order valence-electron chi connectivity index (χ1n) is 6.78. The van der Waals surface area contributed by atoms with Crippen molar-refractivity contribution < 1.29 is 9.47 Å². The minimum Gasteiger partial charge on any atom is -0.490 e. The molecule has 0 radical (unpaired) electrons. The van der Waals surface area contributed by atoms with Crippen molar-refractivity contribution in [3.63, 3.8) is 0 Å². The topological polar surface area (TPSA) is 68.3 Å². The SMILES string of the molecule is Cc1cc(C(=N)N)cc(C)c1OCC1CCCCO1. The van der Waals surface area contributed by atoms with Crippen LogP contribution in [0.15, 0.2) is 12.1 Å². The first-order valence-corrected chi connectivity index (χ1v) is 6.78. The summed E-state index contributed by atoms with van der Waals surface area (Å²) in [7, 11) is 0. The van der Waals surface area contributed by atoms with E-state index >= 15 is 0 Å². The molecule has 2 rings (SSSR count). The molecule has 1 unspecified atom stereocenters. The van der Waals surface area contributed by atoms with Crippen LogP contribution in [0.5, 0.6) is 5.75 Å².